The van der Waals surface area contributed by atoms with Crippen molar-refractivity contribution < 1.29 is 27.4 Å². The highest BCUT2D eigenvalue weighted by molar-refractivity contribution is 5.79. The molecule has 0 fully saturated rings. The Morgan fingerprint density at radius 2 is 1.60 bits per heavy atom. The zero-order valence-corrected chi connectivity index (χ0v) is 17.9. The lowest BCUT2D eigenvalue weighted by atomic mass is 10.1. The fraction of sp³-hybridized carbons (Fsp3) is 0.600. The van der Waals surface area contributed by atoms with Crippen LogP contribution in [0.2, 0.25) is 0 Å². The molecule has 1 aromatic carbocycles. The van der Waals surface area contributed by atoms with Crippen LogP contribution in [0.4, 0.5) is 18.0 Å². The first-order valence-electron chi connectivity index (χ1n) is 9.70. The molecule has 0 aliphatic rings. The van der Waals surface area contributed by atoms with Gasteiger partial charge in [0.25, 0.3) is 0 Å². The minimum atomic E-state index is -4.33. The minimum absolute atomic E-state index is 0.0993. The summed E-state index contributed by atoms with van der Waals surface area (Å²) in [5, 5.41) is 8.86. The highest BCUT2D eigenvalue weighted by Crippen LogP contribution is 2.16. The molecule has 0 saturated carbocycles. The maximum atomic E-state index is 12.1. The van der Waals surface area contributed by atoms with Crippen LogP contribution in [0.1, 0.15) is 38.8 Å². The van der Waals surface area contributed by atoms with Crippen LogP contribution < -0.4 is 16.0 Å². The molecule has 7 nitrogen and oxygen atoms in total. The summed E-state index contributed by atoms with van der Waals surface area (Å²) in [7, 11) is 0. The average molecular weight is 432 g/mol. The number of carbonyl (C=O) groups is 1. The van der Waals surface area contributed by atoms with Gasteiger partial charge in [0.1, 0.15) is 12.2 Å². The van der Waals surface area contributed by atoms with Crippen LogP contribution in [0.15, 0.2) is 29.3 Å². The van der Waals surface area contributed by atoms with Gasteiger partial charge in [-0.05, 0) is 38.8 Å². The van der Waals surface area contributed by atoms with Gasteiger partial charge in [-0.25, -0.2) is 9.79 Å². The summed E-state index contributed by atoms with van der Waals surface area (Å²) in [6, 6.07) is 7.02. The number of aliphatic imine (C=N–C) groups is 1. The summed E-state index contributed by atoms with van der Waals surface area (Å²) in [6.45, 7) is 7.84. The summed E-state index contributed by atoms with van der Waals surface area (Å²) in [5.41, 5.74) is 1.01. The average Bonchev–Trinajstić information content (AvgIpc) is 2.61. The monoisotopic (exact) mass is 432 g/mol. The fourth-order valence-electron chi connectivity index (χ4n) is 2.20. The number of alkyl halides is 3. The number of guanidine groups is 1. The molecule has 0 bridgehead atoms. The fourth-order valence-corrected chi connectivity index (χ4v) is 2.20. The molecule has 0 saturated heterocycles. The Bertz CT molecular complexity index is 671. The van der Waals surface area contributed by atoms with Crippen molar-refractivity contribution >= 4 is 12.1 Å². The molecule has 0 aromatic heterocycles. The highest BCUT2D eigenvalue weighted by Gasteiger charge is 2.27. The van der Waals surface area contributed by atoms with Gasteiger partial charge < -0.3 is 25.4 Å². The van der Waals surface area contributed by atoms with Gasteiger partial charge in [-0.2, -0.15) is 13.2 Å². The number of benzene rings is 1. The number of alkyl carbamates (subject to hydrolysis) is 1. The lowest BCUT2D eigenvalue weighted by Gasteiger charge is -2.19. The Morgan fingerprint density at radius 3 is 2.17 bits per heavy atom. The largest absolute Gasteiger partial charge is 0.444 e. The predicted molar refractivity (Wildman–Crippen MR) is 109 cm³/mol. The molecule has 0 heterocycles. The summed E-state index contributed by atoms with van der Waals surface area (Å²) in [4.78, 5) is 16.1. The van der Waals surface area contributed by atoms with Crippen LogP contribution >= 0.6 is 0 Å². The molecular formula is C20H31F3N4O3. The Morgan fingerprint density at radius 1 is 1.00 bits per heavy atom. The van der Waals surface area contributed by atoms with Gasteiger partial charge in [-0.1, -0.05) is 24.3 Å². The van der Waals surface area contributed by atoms with Crippen molar-refractivity contribution in [3.63, 3.8) is 0 Å². The normalized spacial score (nSPS) is 12.4. The maximum Gasteiger partial charge on any atom is 0.411 e. The molecular weight excluding hydrogens is 401 g/mol. The van der Waals surface area contributed by atoms with Crippen molar-refractivity contribution in [1.82, 2.24) is 16.0 Å². The van der Waals surface area contributed by atoms with E-state index in [1.807, 2.05) is 6.92 Å². The van der Waals surface area contributed by atoms with Gasteiger partial charge in [0, 0.05) is 19.6 Å². The third-order valence-corrected chi connectivity index (χ3v) is 3.41. The smallest absolute Gasteiger partial charge is 0.411 e. The maximum absolute atomic E-state index is 12.1. The van der Waals surface area contributed by atoms with E-state index in [2.05, 4.69) is 25.7 Å². The molecule has 170 valence electrons. The van der Waals surface area contributed by atoms with Crippen molar-refractivity contribution in [2.75, 3.05) is 26.2 Å². The first-order chi connectivity index (χ1) is 14.0. The van der Waals surface area contributed by atoms with E-state index in [4.69, 9.17) is 4.74 Å². The lowest BCUT2D eigenvalue weighted by Crippen LogP contribution is -2.42. The second-order valence-corrected chi connectivity index (χ2v) is 7.48. The van der Waals surface area contributed by atoms with Crippen LogP contribution in [0.3, 0.4) is 0 Å². The molecule has 0 aliphatic heterocycles. The minimum Gasteiger partial charge on any atom is -0.444 e. The molecule has 0 aliphatic carbocycles. The summed E-state index contributed by atoms with van der Waals surface area (Å²) in [6.07, 6.45) is -4.81. The third-order valence-electron chi connectivity index (χ3n) is 3.41. The van der Waals surface area contributed by atoms with E-state index >= 15 is 0 Å². The lowest BCUT2D eigenvalue weighted by molar-refractivity contribution is -0.176. The van der Waals surface area contributed by atoms with Crippen LogP contribution in [-0.4, -0.2) is 50.1 Å². The van der Waals surface area contributed by atoms with Crippen LogP contribution in [-0.2, 0) is 22.6 Å². The summed E-state index contributed by atoms with van der Waals surface area (Å²) in [5.74, 6) is 0.584. The zero-order valence-electron chi connectivity index (χ0n) is 17.9. The topological polar surface area (TPSA) is 84.0 Å². The molecule has 10 heteroatoms. The standard InChI is InChI=1S/C20H31F3N4O3/c1-5-24-17(25-10-11-26-18(28)30-19(2,3)4)27-12-15-6-8-16(9-7-15)13-29-14-20(21,22)23/h6-9H,5,10-14H2,1-4H3,(H,26,28)(H2,24,25,27). The summed E-state index contributed by atoms with van der Waals surface area (Å²) >= 11 is 0. The van der Waals surface area contributed by atoms with Crippen LogP contribution in [0.25, 0.3) is 0 Å². The van der Waals surface area contributed by atoms with E-state index in [0.717, 1.165) is 5.56 Å². The molecule has 30 heavy (non-hydrogen) atoms. The molecule has 0 atom stereocenters. The van der Waals surface area contributed by atoms with Crippen LogP contribution in [0, 0.1) is 0 Å². The second kappa shape index (κ2) is 12.3. The zero-order chi connectivity index (χ0) is 22.6. The Labute approximate surface area is 175 Å². The van der Waals surface area contributed by atoms with E-state index in [0.29, 0.717) is 37.7 Å². The first-order valence-corrected chi connectivity index (χ1v) is 9.70. The number of nitrogens with zero attached hydrogens (tertiary/aromatic N) is 1. The van der Waals surface area contributed by atoms with Gasteiger partial charge in [0.05, 0.1) is 13.2 Å². The van der Waals surface area contributed by atoms with Crippen molar-refractivity contribution in [1.29, 1.82) is 0 Å². The van der Waals surface area contributed by atoms with E-state index in [9.17, 15) is 18.0 Å². The number of nitrogens with one attached hydrogen (secondary N) is 3. The van der Waals surface area contributed by atoms with E-state index < -0.39 is 24.5 Å². The SMILES string of the molecule is CCNC(=NCc1ccc(COCC(F)(F)F)cc1)NCCNC(=O)OC(C)(C)C. The molecule has 0 radical (unpaired) electrons. The number of amides is 1. The van der Waals surface area contributed by atoms with Crippen molar-refractivity contribution in [3.05, 3.63) is 35.4 Å². The van der Waals surface area contributed by atoms with Crippen molar-refractivity contribution in [2.24, 2.45) is 4.99 Å². The molecule has 1 amide bonds. The predicted octanol–water partition coefficient (Wildman–Crippen LogP) is 3.35. The van der Waals surface area contributed by atoms with E-state index in [1.54, 1.807) is 45.0 Å². The number of carbonyl (C=O) groups excluding carboxylic acids is 1. The Kier molecular flexibility index (Phi) is 10.4. The Hall–Kier alpha value is -2.49. The number of ether oxygens (including phenoxy) is 2. The number of halogens is 3. The van der Waals surface area contributed by atoms with E-state index in [1.165, 1.54) is 0 Å². The van der Waals surface area contributed by atoms with Crippen LogP contribution in [0.5, 0.6) is 0 Å². The molecule has 0 unspecified atom stereocenters. The number of rotatable bonds is 9. The van der Waals surface area contributed by atoms with Crippen molar-refractivity contribution in [2.45, 2.75) is 52.6 Å². The molecule has 1 rings (SSSR count). The number of hydrogen-bond donors (Lipinski definition) is 3. The first kappa shape index (κ1) is 25.5. The quantitative estimate of drug-likeness (QED) is 0.317. The number of hydrogen-bond acceptors (Lipinski definition) is 4. The summed E-state index contributed by atoms with van der Waals surface area (Å²) < 4.78 is 46.1. The van der Waals surface area contributed by atoms with Gasteiger partial charge in [-0.3, -0.25) is 0 Å². The van der Waals surface area contributed by atoms with E-state index in [-0.39, 0.29) is 6.61 Å². The molecule has 0 spiro atoms. The third kappa shape index (κ3) is 12.9. The second-order valence-electron chi connectivity index (χ2n) is 7.48. The van der Waals surface area contributed by atoms with Gasteiger partial charge >= 0.3 is 12.3 Å². The molecule has 3 N–H and O–H groups in total. The van der Waals surface area contributed by atoms with Gasteiger partial charge in [0.15, 0.2) is 5.96 Å². The highest BCUT2D eigenvalue weighted by atomic mass is 19.4. The molecule has 1 aromatic rings. The van der Waals surface area contributed by atoms with Crippen molar-refractivity contribution in [3.8, 4) is 0 Å². The van der Waals surface area contributed by atoms with Gasteiger partial charge in [0.2, 0.25) is 0 Å². The Balaban J connectivity index is 2.43. The van der Waals surface area contributed by atoms with Gasteiger partial charge in [-0.15, -0.1) is 0 Å².